The molecule has 12 rings (SSSR count). The number of benzene rings is 6. The Bertz CT molecular complexity index is 4180. The molecule has 6 heterocycles. The van der Waals surface area contributed by atoms with Crippen LogP contribution >= 0.6 is 0 Å². The van der Waals surface area contributed by atoms with Crippen molar-refractivity contribution >= 4 is 43.6 Å². The van der Waals surface area contributed by atoms with E-state index in [0.717, 1.165) is 27.6 Å². The van der Waals surface area contributed by atoms with Gasteiger partial charge in [0, 0.05) is 49.4 Å². The Morgan fingerprint density at radius 1 is 0.368 bits per heavy atom. The number of hydrogen-bond acceptors (Lipinski definition) is 13. The van der Waals surface area contributed by atoms with E-state index in [-0.39, 0.29) is 16.7 Å². The lowest BCUT2D eigenvalue weighted by Gasteiger charge is -2.21. The van der Waals surface area contributed by atoms with Crippen LogP contribution in [0.3, 0.4) is 0 Å². The fourth-order valence-corrected chi connectivity index (χ4v) is 10.3. The van der Waals surface area contributed by atoms with E-state index in [1.54, 1.807) is 45.9 Å². The molecule has 0 amide bonds. The van der Waals surface area contributed by atoms with Crippen LogP contribution in [0.4, 0.5) is 13.2 Å². The lowest BCUT2D eigenvalue weighted by molar-refractivity contribution is -0.137. The zero-order valence-electron chi connectivity index (χ0n) is 42.2. The minimum atomic E-state index is -4.77. The third kappa shape index (κ3) is 8.18. The van der Waals surface area contributed by atoms with Gasteiger partial charge in [-0.05, 0) is 103 Å². The largest absolute Gasteiger partial charge is 0.417 e. The van der Waals surface area contributed by atoms with Gasteiger partial charge in [0.05, 0.1) is 50.6 Å². The molecule has 6 aromatic carbocycles. The second-order valence-corrected chi connectivity index (χ2v) is 18.7. The molecule has 15 nitrogen and oxygen atoms in total. The van der Waals surface area contributed by atoms with Gasteiger partial charge in [0.2, 0.25) is 0 Å². The molecule has 0 unspecified atom stereocenters. The van der Waals surface area contributed by atoms with Crippen LogP contribution in [0.2, 0.25) is 0 Å². The molecule has 0 bridgehead atoms. The lowest BCUT2D eigenvalue weighted by atomic mass is 9.94. The van der Waals surface area contributed by atoms with Crippen molar-refractivity contribution in [2.75, 3.05) is 0 Å². The summed E-state index contributed by atoms with van der Waals surface area (Å²) in [6, 6.07) is 34.7. The van der Waals surface area contributed by atoms with Crippen LogP contribution in [0.5, 0.6) is 0 Å². The van der Waals surface area contributed by atoms with E-state index < -0.39 is 11.7 Å². The summed E-state index contributed by atoms with van der Waals surface area (Å²) in [5.74, 6) is 6.10. The fraction of sp³-hybridized carbons (Fsp3) is 0.155. The Kier molecular flexibility index (Phi) is 11.0. The Labute approximate surface area is 432 Å². The van der Waals surface area contributed by atoms with Crippen molar-refractivity contribution in [3.05, 3.63) is 167 Å². The highest BCUT2D eigenvalue weighted by Crippen LogP contribution is 2.45. The average Bonchev–Trinajstić information content (AvgIpc) is 3.88. The second kappa shape index (κ2) is 17.7. The molecule has 76 heavy (non-hydrogen) atoms. The molecular weight excluding hydrogens is 964 g/mol. The highest BCUT2D eigenvalue weighted by Gasteiger charge is 2.35. The molecular formula is C58H42F3N15. The number of aromatic nitrogens is 14. The summed E-state index contributed by atoms with van der Waals surface area (Å²) >= 11 is 0. The van der Waals surface area contributed by atoms with Gasteiger partial charge in [0.15, 0.2) is 23.3 Å². The first-order valence-corrected chi connectivity index (χ1v) is 24.2. The molecule has 0 saturated carbocycles. The summed E-state index contributed by atoms with van der Waals surface area (Å²) in [7, 11) is 0. The molecule has 0 spiro atoms. The van der Waals surface area contributed by atoms with Crippen molar-refractivity contribution in [2.45, 2.75) is 61.6 Å². The summed E-state index contributed by atoms with van der Waals surface area (Å²) in [6.45, 7) is 14.4. The maximum absolute atomic E-state index is 15.2. The van der Waals surface area contributed by atoms with Crippen LogP contribution in [0.15, 0.2) is 109 Å². The van der Waals surface area contributed by atoms with E-state index in [4.69, 9.17) is 39.9 Å². The van der Waals surface area contributed by atoms with Gasteiger partial charge in [-0.3, -0.25) is 0 Å². The van der Waals surface area contributed by atoms with E-state index in [1.807, 2.05) is 110 Å². The SMILES string of the molecule is Cc1nc(C)nc(-c2ccc3c4ccc(-c5nc(C)nc(C)n5)cc4n(-c4cc(C#N)c(-c5ccccc5C(F)(F)F)cc4-n4c5cc(-c6nc(C)nc(C)n6)ccc5c5ccc(-c6nc(C)nc(C)n6)cc54)c3c2)n1. The standard InChI is InChI=1S/C58H42F3N15/c1-28-63-29(2)68-54(67-28)36-13-17-42-43-18-14-37(55-69-30(3)64-31(4)70-55)22-49(43)75(48(42)21-36)52-25-40(27-62)46(41-11-9-10-12-47(41)58(59,60)61)26-53(52)76-50-23-38(56-71-32(5)65-33(6)72-56)15-19-44(50)45-20-16-39(24-51(45)76)57-73-34(7)66-35(8)74-57/h9-26H,1-8H3. The van der Waals surface area contributed by atoms with Crippen LogP contribution in [-0.2, 0) is 6.18 Å². The quantitative estimate of drug-likeness (QED) is 0.147. The van der Waals surface area contributed by atoms with Crippen molar-refractivity contribution in [3.8, 4) is 74.1 Å². The molecule has 12 aromatic rings. The van der Waals surface area contributed by atoms with Crippen LogP contribution in [0.1, 0.15) is 57.7 Å². The van der Waals surface area contributed by atoms with E-state index in [1.165, 1.54) is 12.1 Å². The molecule has 0 atom stereocenters. The van der Waals surface area contributed by atoms with E-state index >= 15 is 13.2 Å². The third-order valence-corrected chi connectivity index (χ3v) is 13.2. The third-order valence-electron chi connectivity index (χ3n) is 13.2. The summed E-state index contributed by atoms with van der Waals surface area (Å²) < 4.78 is 49.8. The summed E-state index contributed by atoms with van der Waals surface area (Å²) in [5, 5.41) is 14.6. The molecule has 370 valence electrons. The van der Waals surface area contributed by atoms with E-state index in [2.05, 4.69) is 26.0 Å². The normalized spacial score (nSPS) is 11.9. The number of hydrogen-bond donors (Lipinski definition) is 0. The molecule has 0 radical (unpaired) electrons. The van der Waals surface area contributed by atoms with Crippen molar-refractivity contribution in [1.29, 1.82) is 5.26 Å². The maximum atomic E-state index is 15.2. The summed E-state index contributed by atoms with van der Waals surface area (Å²) in [6.07, 6.45) is -4.77. The minimum absolute atomic E-state index is 0.000361. The predicted octanol–water partition coefficient (Wildman–Crippen LogP) is 12.3. The Hall–Kier alpha value is -9.76. The highest BCUT2D eigenvalue weighted by atomic mass is 19.4. The lowest BCUT2D eigenvalue weighted by Crippen LogP contribution is -2.09. The molecule has 0 fully saturated rings. The van der Waals surface area contributed by atoms with Crippen molar-refractivity contribution < 1.29 is 13.2 Å². The molecule has 0 N–H and O–H groups in total. The molecule has 0 aliphatic rings. The maximum Gasteiger partial charge on any atom is 0.417 e. The van der Waals surface area contributed by atoms with Gasteiger partial charge in [-0.2, -0.15) is 18.4 Å². The summed E-state index contributed by atoms with van der Waals surface area (Å²) in [4.78, 5) is 55.6. The van der Waals surface area contributed by atoms with Crippen LogP contribution in [-0.4, -0.2) is 68.9 Å². The van der Waals surface area contributed by atoms with Gasteiger partial charge in [0.25, 0.3) is 0 Å². The van der Waals surface area contributed by atoms with Crippen molar-refractivity contribution in [2.24, 2.45) is 0 Å². The number of fused-ring (bicyclic) bond motifs is 6. The molecule has 0 aliphatic heterocycles. The molecule has 6 aromatic heterocycles. The van der Waals surface area contributed by atoms with Gasteiger partial charge >= 0.3 is 6.18 Å². The predicted molar refractivity (Wildman–Crippen MR) is 283 cm³/mol. The molecule has 0 saturated heterocycles. The Balaban J connectivity index is 1.28. The molecule has 18 heteroatoms. The van der Waals surface area contributed by atoms with Gasteiger partial charge in [-0.1, -0.05) is 66.7 Å². The van der Waals surface area contributed by atoms with Gasteiger partial charge < -0.3 is 9.13 Å². The number of nitrogens with zero attached hydrogens (tertiary/aromatic N) is 15. The molecule has 0 aliphatic carbocycles. The second-order valence-electron chi connectivity index (χ2n) is 18.7. The van der Waals surface area contributed by atoms with Crippen LogP contribution in [0, 0.1) is 66.7 Å². The zero-order chi connectivity index (χ0) is 52.9. The zero-order valence-corrected chi connectivity index (χ0v) is 42.2. The van der Waals surface area contributed by atoms with Gasteiger partial charge in [0.1, 0.15) is 46.6 Å². The monoisotopic (exact) mass is 1010 g/mol. The number of rotatable bonds is 7. The highest BCUT2D eigenvalue weighted by molar-refractivity contribution is 6.13. The topological polar surface area (TPSA) is 188 Å². The fourth-order valence-electron chi connectivity index (χ4n) is 10.3. The number of aryl methyl sites for hydroxylation is 8. The van der Waals surface area contributed by atoms with Gasteiger partial charge in [-0.15, -0.1) is 0 Å². The summed E-state index contributed by atoms with van der Waals surface area (Å²) in [5.41, 5.74) is 5.31. The number of nitriles is 1. The Morgan fingerprint density at radius 2 is 0.671 bits per heavy atom. The van der Waals surface area contributed by atoms with Crippen molar-refractivity contribution in [1.82, 2.24) is 68.9 Å². The first-order chi connectivity index (χ1) is 36.5. The van der Waals surface area contributed by atoms with Crippen LogP contribution < -0.4 is 0 Å². The number of halogens is 3. The minimum Gasteiger partial charge on any atom is -0.307 e. The first-order valence-electron chi connectivity index (χ1n) is 24.2. The smallest absolute Gasteiger partial charge is 0.307 e. The Morgan fingerprint density at radius 3 is 0.974 bits per heavy atom. The average molecular weight is 1010 g/mol. The van der Waals surface area contributed by atoms with E-state index in [9.17, 15) is 5.26 Å². The first kappa shape index (κ1) is 47.3. The van der Waals surface area contributed by atoms with Gasteiger partial charge in [-0.25, -0.2) is 59.8 Å². The van der Waals surface area contributed by atoms with Crippen LogP contribution in [0.25, 0.3) is 112 Å². The van der Waals surface area contributed by atoms with E-state index in [0.29, 0.717) is 126 Å². The number of alkyl halides is 3. The van der Waals surface area contributed by atoms with Crippen molar-refractivity contribution in [3.63, 3.8) is 0 Å².